The molecule has 0 aliphatic carbocycles. The Hall–Kier alpha value is -1.53. The lowest BCUT2D eigenvalue weighted by Crippen LogP contribution is -2.11. The molecule has 1 atom stereocenters. The van der Waals surface area contributed by atoms with E-state index in [2.05, 4.69) is 5.10 Å². The molecule has 1 saturated heterocycles. The van der Waals surface area contributed by atoms with Crippen LogP contribution in [0.1, 0.15) is 12.5 Å². The van der Waals surface area contributed by atoms with Gasteiger partial charge in [0.25, 0.3) is 0 Å². The fourth-order valence-corrected chi connectivity index (χ4v) is 4.24. The molecule has 1 aromatic carbocycles. The van der Waals surface area contributed by atoms with E-state index < -0.39 is 9.84 Å². The predicted octanol–water partition coefficient (Wildman–Crippen LogP) is 2.15. The van der Waals surface area contributed by atoms with Crippen LogP contribution in [0.15, 0.2) is 30.5 Å². The molecule has 1 aliphatic rings. The quantitative estimate of drug-likeness (QED) is 0.921. The maximum atomic E-state index is 11.5. The monoisotopic (exact) mass is 311 g/mol. The number of nitrogen functional groups attached to an aromatic ring is 1. The van der Waals surface area contributed by atoms with E-state index in [4.69, 9.17) is 17.3 Å². The van der Waals surface area contributed by atoms with E-state index in [1.165, 1.54) is 0 Å². The van der Waals surface area contributed by atoms with Crippen LogP contribution in [0, 0.1) is 0 Å². The largest absolute Gasteiger partial charge is 0.396 e. The summed E-state index contributed by atoms with van der Waals surface area (Å²) in [6.45, 7) is 0. The van der Waals surface area contributed by atoms with Gasteiger partial charge in [0.2, 0.25) is 0 Å². The number of sulfone groups is 1. The Morgan fingerprint density at radius 1 is 1.30 bits per heavy atom. The van der Waals surface area contributed by atoms with Crippen LogP contribution in [0.5, 0.6) is 0 Å². The van der Waals surface area contributed by atoms with Crippen molar-refractivity contribution in [2.45, 2.75) is 12.5 Å². The van der Waals surface area contributed by atoms with Gasteiger partial charge in [-0.05, 0) is 18.6 Å². The number of nitrogens with two attached hydrogens (primary N) is 1. The van der Waals surface area contributed by atoms with E-state index in [-0.39, 0.29) is 17.5 Å². The SMILES string of the molecule is Nc1cn(C2CCS(=O)(=O)C2)nc1-c1ccc(Cl)cc1. The predicted molar refractivity (Wildman–Crippen MR) is 79.4 cm³/mol. The van der Waals surface area contributed by atoms with E-state index in [9.17, 15) is 8.42 Å². The molecule has 1 aromatic heterocycles. The Morgan fingerprint density at radius 3 is 2.60 bits per heavy atom. The highest BCUT2D eigenvalue weighted by Crippen LogP contribution is 2.29. The first-order valence-electron chi connectivity index (χ1n) is 6.25. The maximum Gasteiger partial charge on any atom is 0.152 e. The topological polar surface area (TPSA) is 78.0 Å². The maximum absolute atomic E-state index is 11.5. The third-order valence-electron chi connectivity index (χ3n) is 3.46. The molecular weight excluding hydrogens is 298 g/mol. The number of anilines is 1. The molecule has 1 unspecified atom stereocenters. The first-order chi connectivity index (χ1) is 9.44. The van der Waals surface area contributed by atoms with E-state index in [1.807, 2.05) is 12.1 Å². The lowest BCUT2D eigenvalue weighted by molar-refractivity contribution is 0.501. The molecule has 3 rings (SSSR count). The molecule has 1 fully saturated rings. The van der Waals surface area contributed by atoms with Crippen LogP contribution in [0.3, 0.4) is 0 Å². The van der Waals surface area contributed by atoms with Gasteiger partial charge in [0.1, 0.15) is 5.69 Å². The minimum absolute atomic E-state index is 0.122. The molecule has 0 amide bonds. The van der Waals surface area contributed by atoms with Crippen molar-refractivity contribution >= 4 is 27.1 Å². The first kappa shape index (κ1) is 13.5. The van der Waals surface area contributed by atoms with Gasteiger partial charge in [-0.15, -0.1) is 0 Å². The summed E-state index contributed by atoms with van der Waals surface area (Å²) in [5.41, 5.74) is 8.04. The third kappa shape index (κ3) is 2.53. The molecule has 0 bridgehead atoms. The Bertz CT molecular complexity index is 737. The second-order valence-corrected chi connectivity index (χ2v) is 7.64. The van der Waals surface area contributed by atoms with Crippen molar-refractivity contribution in [3.05, 3.63) is 35.5 Å². The van der Waals surface area contributed by atoms with Crippen LogP contribution in [-0.4, -0.2) is 29.7 Å². The summed E-state index contributed by atoms with van der Waals surface area (Å²) < 4.78 is 24.7. The van der Waals surface area contributed by atoms with Crippen LogP contribution in [0.25, 0.3) is 11.3 Å². The molecule has 0 radical (unpaired) electrons. The Kier molecular flexibility index (Phi) is 3.22. The van der Waals surface area contributed by atoms with Crippen molar-refractivity contribution < 1.29 is 8.42 Å². The fourth-order valence-electron chi connectivity index (χ4n) is 2.41. The van der Waals surface area contributed by atoms with Gasteiger partial charge < -0.3 is 5.73 Å². The van der Waals surface area contributed by atoms with Gasteiger partial charge in [0, 0.05) is 16.8 Å². The van der Waals surface area contributed by atoms with Gasteiger partial charge in [-0.2, -0.15) is 5.10 Å². The average Bonchev–Trinajstić information content (AvgIpc) is 2.94. The van der Waals surface area contributed by atoms with Crippen LogP contribution < -0.4 is 5.73 Å². The second kappa shape index (κ2) is 4.79. The molecule has 1 aliphatic heterocycles. The van der Waals surface area contributed by atoms with Crippen molar-refractivity contribution in [1.82, 2.24) is 9.78 Å². The van der Waals surface area contributed by atoms with Crippen molar-refractivity contribution in [1.29, 1.82) is 0 Å². The smallest absolute Gasteiger partial charge is 0.152 e. The summed E-state index contributed by atoms with van der Waals surface area (Å²) in [4.78, 5) is 0. The second-order valence-electron chi connectivity index (χ2n) is 4.98. The highest BCUT2D eigenvalue weighted by Gasteiger charge is 2.30. The zero-order valence-electron chi connectivity index (χ0n) is 10.7. The molecule has 5 nitrogen and oxygen atoms in total. The van der Waals surface area contributed by atoms with Gasteiger partial charge in [0.15, 0.2) is 9.84 Å². The van der Waals surface area contributed by atoms with Crippen LogP contribution in [0.4, 0.5) is 5.69 Å². The summed E-state index contributed by atoms with van der Waals surface area (Å²) in [5.74, 6) is 0.349. The van der Waals surface area contributed by atoms with Crippen LogP contribution >= 0.6 is 11.6 Å². The van der Waals surface area contributed by atoms with Gasteiger partial charge in [0.05, 0.1) is 23.2 Å². The third-order valence-corrected chi connectivity index (χ3v) is 5.46. The molecule has 2 aromatic rings. The van der Waals surface area contributed by atoms with E-state index in [1.54, 1.807) is 23.0 Å². The number of rotatable bonds is 2. The number of hydrogen-bond acceptors (Lipinski definition) is 4. The van der Waals surface area contributed by atoms with Crippen LogP contribution in [-0.2, 0) is 9.84 Å². The van der Waals surface area contributed by atoms with Crippen molar-refractivity contribution in [2.24, 2.45) is 0 Å². The average molecular weight is 312 g/mol. The van der Waals surface area contributed by atoms with E-state index >= 15 is 0 Å². The number of aromatic nitrogens is 2. The molecule has 2 N–H and O–H groups in total. The van der Waals surface area contributed by atoms with Gasteiger partial charge in [-0.25, -0.2) is 8.42 Å². The summed E-state index contributed by atoms with van der Waals surface area (Å²) in [6.07, 6.45) is 2.29. The summed E-state index contributed by atoms with van der Waals surface area (Å²) >= 11 is 5.86. The molecular formula is C13H14ClN3O2S. The fraction of sp³-hybridized carbons (Fsp3) is 0.308. The lowest BCUT2D eigenvalue weighted by atomic mass is 10.1. The Labute approximate surface area is 122 Å². The summed E-state index contributed by atoms with van der Waals surface area (Å²) in [5, 5.41) is 5.09. The summed E-state index contributed by atoms with van der Waals surface area (Å²) in [6, 6.07) is 7.11. The van der Waals surface area contributed by atoms with Gasteiger partial charge >= 0.3 is 0 Å². The minimum Gasteiger partial charge on any atom is -0.396 e. The molecule has 106 valence electrons. The molecule has 0 saturated carbocycles. The molecule has 0 spiro atoms. The van der Waals surface area contributed by atoms with Crippen molar-refractivity contribution in [3.8, 4) is 11.3 Å². The van der Waals surface area contributed by atoms with Crippen LogP contribution in [0.2, 0.25) is 5.02 Å². The van der Waals surface area contributed by atoms with Crippen molar-refractivity contribution in [3.63, 3.8) is 0 Å². The van der Waals surface area contributed by atoms with Crippen molar-refractivity contribution in [2.75, 3.05) is 17.2 Å². The van der Waals surface area contributed by atoms with E-state index in [0.29, 0.717) is 22.8 Å². The first-order valence-corrected chi connectivity index (χ1v) is 8.45. The number of hydrogen-bond donors (Lipinski definition) is 1. The Morgan fingerprint density at radius 2 is 2.00 bits per heavy atom. The molecule has 20 heavy (non-hydrogen) atoms. The zero-order valence-corrected chi connectivity index (χ0v) is 12.2. The number of benzene rings is 1. The van der Waals surface area contributed by atoms with E-state index in [0.717, 1.165) is 5.56 Å². The zero-order chi connectivity index (χ0) is 14.3. The lowest BCUT2D eigenvalue weighted by Gasteiger charge is -2.07. The van der Waals surface area contributed by atoms with Gasteiger partial charge in [-0.3, -0.25) is 4.68 Å². The Balaban J connectivity index is 1.94. The number of halogens is 1. The highest BCUT2D eigenvalue weighted by molar-refractivity contribution is 7.91. The molecule has 2 heterocycles. The highest BCUT2D eigenvalue weighted by atomic mass is 35.5. The minimum atomic E-state index is -2.94. The molecule has 7 heteroatoms. The number of nitrogens with zero attached hydrogens (tertiary/aromatic N) is 2. The standard InChI is InChI=1S/C13H14ClN3O2S/c14-10-3-1-9(2-4-10)13-12(15)7-17(16-13)11-5-6-20(18,19)8-11/h1-4,7,11H,5-6,8,15H2. The normalized spacial score (nSPS) is 21.1. The summed E-state index contributed by atoms with van der Waals surface area (Å²) in [7, 11) is -2.94. The van der Waals surface area contributed by atoms with Gasteiger partial charge in [-0.1, -0.05) is 23.7 Å².